The van der Waals surface area contributed by atoms with Crippen LogP contribution in [0.3, 0.4) is 0 Å². The maximum absolute atomic E-state index is 13.3. The van der Waals surface area contributed by atoms with Crippen LogP contribution in [-0.2, 0) is 4.74 Å². The Morgan fingerprint density at radius 3 is 2.70 bits per heavy atom. The molecule has 1 aliphatic rings. The standard InChI is InChI=1S/C20H21FN4O2/c1-14-18(19(26)22-13-17-5-4-12-27-17)20(24-10-2-3-11-24)25(23-14)16-8-6-15(21)7-9-16/h2-3,6-11,17H,4-5,12-13H2,1H3,(H,22,26)/t17-/m0/s1. The fourth-order valence-corrected chi connectivity index (χ4v) is 3.36. The molecule has 6 nitrogen and oxygen atoms in total. The van der Waals surface area contributed by atoms with Gasteiger partial charge in [-0.15, -0.1) is 0 Å². The number of aryl methyl sites for hydroxylation is 1. The highest BCUT2D eigenvalue weighted by atomic mass is 19.1. The van der Waals surface area contributed by atoms with E-state index in [4.69, 9.17) is 4.74 Å². The number of hydrogen-bond acceptors (Lipinski definition) is 3. The lowest BCUT2D eigenvalue weighted by Gasteiger charge is -2.13. The van der Waals surface area contributed by atoms with E-state index in [1.165, 1.54) is 12.1 Å². The SMILES string of the molecule is Cc1nn(-c2ccc(F)cc2)c(-n2cccc2)c1C(=O)NC[C@@H]1CCCO1. The van der Waals surface area contributed by atoms with Crippen molar-refractivity contribution in [3.05, 3.63) is 65.9 Å². The molecule has 1 aliphatic heterocycles. The Hall–Kier alpha value is -2.93. The number of rotatable bonds is 5. The molecule has 0 spiro atoms. The van der Waals surface area contributed by atoms with Crippen LogP contribution >= 0.6 is 0 Å². The molecule has 1 amide bonds. The van der Waals surface area contributed by atoms with Crippen LogP contribution in [0.2, 0.25) is 0 Å². The predicted octanol–water partition coefficient (Wildman–Crippen LogP) is 3.02. The largest absolute Gasteiger partial charge is 0.376 e. The lowest BCUT2D eigenvalue weighted by molar-refractivity contribution is 0.0857. The van der Waals surface area contributed by atoms with Gasteiger partial charge in [-0.05, 0) is 56.2 Å². The van der Waals surface area contributed by atoms with Gasteiger partial charge in [-0.3, -0.25) is 4.79 Å². The molecule has 2 aromatic heterocycles. The third-order valence-corrected chi connectivity index (χ3v) is 4.70. The minimum Gasteiger partial charge on any atom is -0.376 e. The fraction of sp³-hybridized carbons (Fsp3) is 0.300. The Labute approximate surface area is 156 Å². The Kier molecular flexibility index (Phi) is 4.77. The second-order valence-corrected chi connectivity index (χ2v) is 6.61. The zero-order chi connectivity index (χ0) is 18.8. The van der Waals surface area contributed by atoms with Crippen LogP contribution in [0.15, 0.2) is 48.8 Å². The van der Waals surface area contributed by atoms with Crippen LogP contribution in [0.1, 0.15) is 28.9 Å². The molecule has 1 aromatic carbocycles. The molecule has 0 unspecified atom stereocenters. The molecule has 1 N–H and O–H groups in total. The molecule has 0 aliphatic carbocycles. The summed E-state index contributed by atoms with van der Waals surface area (Å²) in [4.78, 5) is 12.9. The van der Waals surface area contributed by atoms with Gasteiger partial charge < -0.3 is 14.6 Å². The summed E-state index contributed by atoms with van der Waals surface area (Å²) in [6.07, 6.45) is 5.76. The van der Waals surface area contributed by atoms with Gasteiger partial charge >= 0.3 is 0 Å². The summed E-state index contributed by atoms with van der Waals surface area (Å²) in [5.74, 6) is 0.105. The van der Waals surface area contributed by atoms with E-state index in [0.717, 1.165) is 19.4 Å². The van der Waals surface area contributed by atoms with Crippen molar-refractivity contribution < 1.29 is 13.9 Å². The summed E-state index contributed by atoms with van der Waals surface area (Å²) in [5.41, 5.74) is 1.78. The smallest absolute Gasteiger partial charge is 0.257 e. The van der Waals surface area contributed by atoms with E-state index >= 15 is 0 Å². The van der Waals surface area contributed by atoms with Crippen LogP contribution in [0.25, 0.3) is 11.5 Å². The molecule has 4 rings (SSSR count). The van der Waals surface area contributed by atoms with Gasteiger partial charge in [0.15, 0.2) is 5.82 Å². The number of carbonyl (C=O) groups is 1. The lowest BCUT2D eigenvalue weighted by Crippen LogP contribution is -2.32. The van der Waals surface area contributed by atoms with Gasteiger partial charge in [-0.25, -0.2) is 9.07 Å². The van der Waals surface area contributed by atoms with Gasteiger partial charge in [0, 0.05) is 25.5 Å². The molecular weight excluding hydrogens is 347 g/mol. The summed E-state index contributed by atoms with van der Waals surface area (Å²) >= 11 is 0. The summed E-state index contributed by atoms with van der Waals surface area (Å²) < 4.78 is 22.4. The first-order chi connectivity index (χ1) is 13.1. The third kappa shape index (κ3) is 3.50. The molecule has 0 radical (unpaired) electrons. The van der Waals surface area contributed by atoms with Crippen molar-refractivity contribution in [3.63, 3.8) is 0 Å². The maximum Gasteiger partial charge on any atom is 0.257 e. The monoisotopic (exact) mass is 368 g/mol. The van der Waals surface area contributed by atoms with Gasteiger partial charge in [0.2, 0.25) is 0 Å². The second kappa shape index (κ2) is 7.36. The van der Waals surface area contributed by atoms with Crippen molar-refractivity contribution in [1.29, 1.82) is 0 Å². The van der Waals surface area contributed by atoms with Crippen LogP contribution in [-0.4, -0.2) is 39.5 Å². The molecular formula is C20H21FN4O2. The first-order valence-corrected chi connectivity index (χ1v) is 9.02. The van der Waals surface area contributed by atoms with Crippen molar-refractivity contribution in [2.75, 3.05) is 13.2 Å². The molecule has 3 aromatic rings. The molecule has 7 heteroatoms. The van der Waals surface area contributed by atoms with Crippen LogP contribution in [0.4, 0.5) is 4.39 Å². The normalized spacial score (nSPS) is 16.6. The molecule has 0 bridgehead atoms. The van der Waals surface area contributed by atoms with E-state index in [2.05, 4.69) is 10.4 Å². The van der Waals surface area contributed by atoms with Crippen molar-refractivity contribution in [3.8, 4) is 11.5 Å². The van der Waals surface area contributed by atoms with Crippen LogP contribution in [0.5, 0.6) is 0 Å². The lowest BCUT2D eigenvalue weighted by atomic mass is 10.2. The highest BCUT2D eigenvalue weighted by molar-refractivity contribution is 5.98. The molecule has 1 atom stereocenters. The minimum absolute atomic E-state index is 0.0661. The van der Waals surface area contributed by atoms with Crippen molar-refractivity contribution in [2.24, 2.45) is 0 Å². The topological polar surface area (TPSA) is 61.1 Å². The Morgan fingerprint density at radius 2 is 2.04 bits per heavy atom. The average Bonchev–Trinajstić information content (AvgIpc) is 3.41. The summed E-state index contributed by atoms with van der Waals surface area (Å²) in [5, 5.41) is 7.52. The molecule has 1 fully saturated rings. The summed E-state index contributed by atoms with van der Waals surface area (Å²) in [7, 11) is 0. The van der Waals surface area contributed by atoms with E-state index in [-0.39, 0.29) is 17.8 Å². The Bertz CT molecular complexity index is 926. The van der Waals surface area contributed by atoms with Crippen molar-refractivity contribution in [2.45, 2.75) is 25.9 Å². The minimum atomic E-state index is -0.320. The highest BCUT2D eigenvalue weighted by Crippen LogP contribution is 2.23. The maximum atomic E-state index is 13.3. The third-order valence-electron chi connectivity index (χ3n) is 4.70. The number of hydrogen-bond donors (Lipinski definition) is 1. The number of amides is 1. The number of carbonyl (C=O) groups excluding carboxylic acids is 1. The zero-order valence-corrected chi connectivity index (χ0v) is 15.1. The van der Waals surface area contributed by atoms with E-state index in [0.29, 0.717) is 29.3 Å². The van der Waals surface area contributed by atoms with Gasteiger partial charge in [0.1, 0.15) is 11.4 Å². The number of benzene rings is 1. The van der Waals surface area contributed by atoms with E-state index < -0.39 is 0 Å². The molecule has 140 valence electrons. The molecule has 3 heterocycles. The van der Waals surface area contributed by atoms with Crippen LogP contribution < -0.4 is 5.32 Å². The van der Waals surface area contributed by atoms with Gasteiger partial charge in [-0.1, -0.05) is 0 Å². The van der Waals surface area contributed by atoms with Crippen molar-refractivity contribution in [1.82, 2.24) is 19.7 Å². The number of aromatic nitrogens is 3. The van der Waals surface area contributed by atoms with E-state index in [9.17, 15) is 9.18 Å². The number of ether oxygens (including phenoxy) is 1. The highest BCUT2D eigenvalue weighted by Gasteiger charge is 2.25. The van der Waals surface area contributed by atoms with E-state index in [1.54, 1.807) is 23.7 Å². The van der Waals surface area contributed by atoms with Gasteiger partial charge in [-0.2, -0.15) is 5.10 Å². The second-order valence-electron chi connectivity index (χ2n) is 6.61. The van der Waals surface area contributed by atoms with Crippen LogP contribution in [0, 0.1) is 12.7 Å². The Balaban J connectivity index is 1.72. The van der Waals surface area contributed by atoms with E-state index in [1.807, 2.05) is 29.1 Å². The molecule has 0 saturated carbocycles. The predicted molar refractivity (Wildman–Crippen MR) is 98.9 cm³/mol. The number of nitrogens with zero attached hydrogens (tertiary/aromatic N) is 3. The fourth-order valence-electron chi connectivity index (χ4n) is 3.36. The molecule has 27 heavy (non-hydrogen) atoms. The summed E-state index contributed by atoms with van der Waals surface area (Å²) in [6.45, 7) is 3.02. The van der Waals surface area contributed by atoms with Gasteiger partial charge in [0.05, 0.1) is 17.5 Å². The number of halogens is 1. The van der Waals surface area contributed by atoms with Gasteiger partial charge in [0.25, 0.3) is 5.91 Å². The zero-order valence-electron chi connectivity index (χ0n) is 15.1. The average molecular weight is 368 g/mol. The summed E-state index contributed by atoms with van der Waals surface area (Å²) in [6, 6.07) is 9.80. The quantitative estimate of drug-likeness (QED) is 0.753. The first kappa shape index (κ1) is 17.5. The van der Waals surface area contributed by atoms with Crippen molar-refractivity contribution >= 4 is 5.91 Å². The first-order valence-electron chi connectivity index (χ1n) is 9.02. The number of nitrogens with one attached hydrogen (secondary N) is 1. The Morgan fingerprint density at radius 1 is 1.30 bits per heavy atom. The molecule has 1 saturated heterocycles.